The van der Waals surface area contributed by atoms with Crippen LogP contribution in [-0.2, 0) is 11.3 Å². The molecule has 0 saturated carbocycles. The molecule has 1 atom stereocenters. The standard InChI is InChI=1S/C26H31N3O3/c30-24-22-11-4-5-12-23(22)32-18-7-6-13-26(25(31)28-16-15-27-24)14-8-17-29(20-26)19-21-9-2-1-3-10-21/h1-7,9-12H,8,13-20H2,(H,27,30)(H,28,31)/b7-6+. The van der Waals surface area contributed by atoms with Gasteiger partial charge >= 0.3 is 0 Å². The number of hydrogen-bond donors (Lipinski definition) is 2. The first kappa shape index (κ1) is 22.1. The molecule has 0 bridgehead atoms. The van der Waals surface area contributed by atoms with Crippen molar-refractivity contribution in [2.45, 2.75) is 25.8 Å². The Labute approximate surface area is 189 Å². The van der Waals surface area contributed by atoms with Crippen molar-refractivity contribution < 1.29 is 14.3 Å². The maximum atomic E-state index is 13.3. The van der Waals surface area contributed by atoms with Crippen molar-refractivity contribution in [2.24, 2.45) is 5.41 Å². The van der Waals surface area contributed by atoms with Crippen LogP contribution in [0.2, 0.25) is 0 Å². The highest BCUT2D eigenvalue weighted by Gasteiger charge is 2.41. The Morgan fingerprint density at radius 3 is 2.59 bits per heavy atom. The molecule has 0 aliphatic carbocycles. The van der Waals surface area contributed by atoms with E-state index in [1.54, 1.807) is 12.1 Å². The molecule has 2 aromatic carbocycles. The van der Waals surface area contributed by atoms with Crippen molar-refractivity contribution in [2.75, 3.05) is 32.8 Å². The first-order valence-corrected chi connectivity index (χ1v) is 11.4. The Kier molecular flexibility index (Phi) is 7.22. The second kappa shape index (κ2) is 10.5. The molecule has 1 saturated heterocycles. The number of likely N-dealkylation sites (tertiary alicyclic amines) is 1. The molecule has 2 aliphatic rings. The van der Waals surface area contributed by atoms with Crippen LogP contribution in [0, 0.1) is 5.41 Å². The van der Waals surface area contributed by atoms with Crippen molar-refractivity contribution in [1.82, 2.24) is 15.5 Å². The quantitative estimate of drug-likeness (QED) is 0.714. The van der Waals surface area contributed by atoms with E-state index in [1.165, 1.54) is 5.56 Å². The molecule has 0 radical (unpaired) electrons. The molecule has 2 aromatic rings. The van der Waals surface area contributed by atoms with Crippen molar-refractivity contribution in [3.63, 3.8) is 0 Å². The van der Waals surface area contributed by atoms with E-state index in [-0.39, 0.29) is 11.8 Å². The lowest BCUT2D eigenvalue weighted by Gasteiger charge is -2.41. The van der Waals surface area contributed by atoms with Gasteiger partial charge in [-0.25, -0.2) is 0 Å². The summed E-state index contributed by atoms with van der Waals surface area (Å²) in [6.45, 7) is 3.68. The number of ether oxygens (including phenoxy) is 1. The summed E-state index contributed by atoms with van der Waals surface area (Å²) < 4.78 is 5.85. The number of rotatable bonds is 2. The first-order valence-electron chi connectivity index (χ1n) is 11.4. The smallest absolute Gasteiger partial charge is 0.255 e. The molecule has 168 valence electrons. The Morgan fingerprint density at radius 2 is 1.72 bits per heavy atom. The third kappa shape index (κ3) is 5.37. The number of hydrogen-bond acceptors (Lipinski definition) is 4. The van der Waals surface area contributed by atoms with Crippen LogP contribution < -0.4 is 15.4 Å². The number of nitrogens with zero attached hydrogens (tertiary/aromatic N) is 1. The average Bonchev–Trinajstić information content (AvgIpc) is 2.82. The SMILES string of the molecule is O=C1NCCNC(=O)C2(C/C=C/COc3ccccc31)CCCN(Cc1ccccc1)C2. The van der Waals surface area contributed by atoms with Crippen molar-refractivity contribution in [3.8, 4) is 5.75 Å². The van der Waals surface area contributed by atoms with E-state index in [0.29, 0.717) is 44.0 Å². The molecule has 1 fully saturated rings. The van der Waals surface area contributed by atoms with Crippen LogP contribution in [0.25, 0.3) is 0 Å². The van der Waals surface area contributed by atoms with E-state index < -0.39 is 5.41 Å². The number of fused-ring (bicyclic) bond motifs is 1. The molecular weight excluding hydrogens is 402 g/mol. The van der Waals surface area contributed by atoms with Gasteiger partial charge in [0.1, 0.15) is 12.4 Å². The lowest BCUT2D eigenvalue weighted by Crippen LogP contribution is -2.52. The second-order valence-corrected chi connectivity index (χ2v) is 8.57. The minimum Gasteiger partial charge on any atom is -0.489 e. The highest BCUT2D eigenvalue weighted by molar-refractivity contribution is 5.96. The van der Waals surface area contributed by atoms with Gasteiger partial charge in [0.25, 0.3) is 5.91 Å². The molecule has 1 spiro atoms. The fourth-order valence-electron chi connectivity index (χ4n) is 4.58. The predicted octanol–water partition coefficient (Wildman–Crippen LogP) is 3.15. The zero-order valence-electron chi connectivity index (χ0n) is 18.4. The Bertz CT molecular complexity index is 960. The number of para-hydroxylation sites is 1. The van der Waals surface area contributed by atoms with Crippen molar-refractivity contribution >= 4 is 11.8 Å². The summed E-state index contributed by atoms with van der Waals surface area (Å²) in [5.41, 5.74) is 1.29. The van der Waals surface area contributed by atoms with Crippen molar-refractivity contribution in [1.29, 1.82) is 0 Å². The van der Waals surface area contributed by atoms with Crippen LogP contribution in [0.3, 0.4) is 0 Å². The van der Waals surface area contributed by atoms with E-state index in [0.717, 1.165) is 25.9 Å². The second-order valence-electron chi connectivity index (χ2n) is 8.57. The third-order valence-electron chi connectivity index (χ3n) is 6.22. The molecular formula is C26H31N3O3. The van der Waals surface area contributed by atoms with Crippen LogP contribution in [-0.4, -0.2) is 49.5 Å². The number of allylic oxidation sites excluding steroid dienone is 1. The summed E-state index contributed by atoms with van der Waals surface area (Å²) in [7, 11) is 0. The van der Waals surface area contributed by atoms with Gasteiger partial charge in [0, 0.05) is 26.2 Å². The molecule has 32 heavy (non-hydrogen) atoms. The molecule has 2 amide bonds. The molecule has 1 unspecified atom stereocenters. The van der Waals surface area contributed by atoms with Gasteiger partial charge in [0.15, 0.2) is 0 Å². The van der Waals surface area contributed by atoms with Crippen molar-refractivity contribution in [3.05, 3.63) is 77.9 Å². The fourth-order valence-corrected chi connectivity index (χ4v) is 4.58. The summed E-state index contributed by atoms with van der Waals surface area (Å²) in [5.74, 6) is 0.432. The molecule has 2 aliphatic heterocycles. The van der Waals surface area contributed by atoms with Gasteiger partial charge in [-0.2, -0.15) is 0 Å². The zero-order chi connectivity index (χ0) is 22.2. The summed E-state index contributed by atoms with van der Waals surface area (Å²) in [4.78, 5) is 28.2. The van der Waals surface area contributed by atoms with E-state index in [9.17, 15) is 9.59 Å². The Morgan fingerprint density at radius 1 is 0.938 bits per heavy atom. The minimum atomic E-state index is -0.477. The maximum absolute atomic E-state index is 13.3. The highest BCUT2D eigenvalue weighted by Crippen LogP contribution is 2.35. The van der Waals surface area contributed by atoms with Crippen LogP contribution in [0.4, 0.5) is 0 Å². The largest absolute Gasteiger partial charge is 0.489 e. The van der Waals surface area contributed by atoms with Gasteiger partial charge in [0.05, 0.1) is 11.0 Å². The third-order valence-corrected chi connectivity index (χ3v) is 6.22. The Hall–Kier alpha value is -3.12. The topological polar surface area (TPSA) is 70.7 Å². The fraction of sp³-hybridized carbons (Fsp3) is 0.385. The number of amides is 2. The number of carbonyl (C=O) groups excluding carboxylic acids is 2. The van der Waals surface area contributed by atoms with Crippen LogP contribution in [0.15, 0.2) is 66.7 Å². The Balaban J connectivity index is 1.49. The van der Waals surface area contributed by atoms with Gasteiger partial charge in [0.2, 0.25) is 5.91 Å². The van der Waals surface area contributed by atoms with Crippen LogP contribution >= 0.6 is 0 Å². The van der Waals surface area contributed by atoms with Gasteiger partial charge < -0.3 is 15.4 Å². The molecule has 2 heterocycles. The monoisotopic (exact) mass is 433 g/mol. The van der Waals surface area contributed by atoms with E-state index in [4.69, 9.17) is 4.74 Å². The lowest BCUT2D eigenvalue weighted by molar-refractivity contribution is -0.134. The summed E-state index contributed by atoms with van der Waals surface area (Å²) in [5, 5.41) is 5.96. The van der Waals surface area contributed by atoms with E-state index in [2.05, 4.69) is 45.9 Å². The molecule has 6 heteroatoms. The van der Waals surface area contributed by atoms with Gasteiger partial charge in [-0.1, -0.05) is 54.6 Å². The van der Waals surface area contributed by atoms with Gasteiger partial charge in [-0.3, -0.25) is 14.5 Å². The minimum absolute atomic E-state index is 0.0625. The normalized spacial score (nSPS) is 23.9. The average molecular weight is 434 g/mol. The predicted molar refractivity (Wildman–Crippen MR) is 124 cm³/mol. The van der Waals surface area contributed by atoms with E-state index in [1.807, 2.05) is 24.3 Å². The zero-order valence-corrected chi connectivity index (χ0v) is 18.4. The summed E-state index contributed by atoms with van der Waals surface area (Å²) in [6.07, 6.45) is 6.51. The highest BCUT2D eigenvalue weighted by atomic mass is 16.5. The number of benzene rings is 2. The number of piperidine rings is 1. The number of nitrogens with one attached hydrogen (secondary N) is 2. The molecule has 6 nitrogen and oxygen atoms in total. The van der Waals surface area contributed by atoms with Crippen LogP contribution in [0.5, 0.6) is 5.75 Å². The summed E-state index contributed by atoms with van der Waals surface area (Å²) in [6, 6.07) is 17.6. The molecule has 0 aromatic heterocycles. The number of carbonyl (C=O) groups is 2. The summed E-state index contributed by atoms with van der Waals surface area (Å²) >= 11 is 0. The maximum Gasteiger partial charge on any atom is 0.255 e. The first-order chi connectivity index (χ1) is 15.7. The van der Waals surface area contributed by atoms with Crippen LogP contribution in [0.1, 0.15) is 35.2 Å². The van der Waals surface area contributed by atoms with Gasteiger partial charge in [-0.15, -0.1) is 0 Å². The lowest BCUT2D eigenvalue weighted by atomic mass is 9.76. The van der Waals surface area contributed by atoms with E-state index >= 15 is 0 Å². The molecule has 4 rings (SSSR count). The molecule has 2 N–H and O–H groups in total. The van der Waals surface area contributed by atoms with Gasteiger partial charge in [-0.05, 0) is 43.5 Å².